The molecule has 0 fully saturated rings. The Morgan fingerprint density at radius 2 is 1.42 bits per heavy atom. The Hall–Kier alpha value is -4.34. The van der Waals surface area contributed by atoms with Crippen molar-refractivity contribution in [2.45, 2.75) is 46.1 Å². The van der Waals surface area contributed by atoms with Gasteiger partial charge >= 0.3 is 11.9 Å². The topological polar surface area (TPSA) is 110 Å². The largest absolute Gasteiger partial charge is 0.477 e. The number of carbonyl (C=O) groups excluding carboxylic acids is 1. The summed E-state index contributed by atoms with van der Waals surface area (Å²) in [7, 11) is 0. The highest BCUT2D eigenvalue weighted by atomic mass is 19.1. The van der Waals surface area contributed by atoms with Crippen LogP contribution >= 0.6 is 0 Å². The normalized spacial score (nSPS) is 10.5. The summed E-state index contributed by atoms with van der Waals surface area (Å²) < 4.78 is 31.8. The summed E-state index contributed by atoms with van der Waals surface area (Å²) in [5.74, 6) is -1.87. The molecule has 2 heterocycles. The molecule has 0 aliphatic heterocycles. The van der Waals surface area contributed by atoms with Crippen LogP contribution in [0.3, 0.4) is 0 Å². The molecular weight excluding hydrogens is 494 g/mol. The number of nitrogens with one attached hydrogen (secondary N) is 1. The SMILES string of the molecule is CCOC(=O)c1cc(CCc2ccc(F)cc2)n[nH]1.CCn1nc(CCc2ccc(F)cc2)cc1C(=O)O. The lowest BCUT2D eigenvalue weighted by Gasteiger charge is -1.99. The van der Waals surface area contributed by atoms with Gasteiger partial charge in [-0.3, -0.25) is 9.78 Å². The first-order valence-electron chi connectivity index (χ1n) is 12.3. The van der Waals surface area contributed by atoms with Gasteiger partial charge in [0, 0.05) is 6.54 Å². The van der Waals surface area contributed by atoms with E-state index >= 15 is 0 Å². The molecule has 4 aromatic rings. The fourth-order valence-electron chi connectivity index (χ4n) is 3.66. The minimum atomic E-state index is -0.970. The number of nitrogens with zero attached hydrogens (tertiary/aromatic N) is 3. The van der Waals surface area contributed by atoms with E-state index in [-0.39, 0.29) is 17.3 Å². The molecule has 0 atom stereocenters. The average molecular weight is 525 g/mol. The quantitative estimate of drug-likeness (QED) is 0.282. The van der Waals surface area contributed by atoms with Crippen LogP contribution in [0.15, 0.2) is 60.7 Å². The van der Waals surface area contributed by atoms with E-state index < -0.39 is 11.9 Å². The van der Waals surface area contributed by atoms with Crippen molar-refractivity contribution in [3.8, 4) is 0 Å². The fourth-order valence-corrected chi connectivity index (χ4v) is 3.66. The van der Waals surface area contributed by atoms with Crippen LogP contribution in [0.4, 0.5) is 8.78 Å². The minimum absolute atomic E-state index is 0.205. The van der Waals surface area contributed by atoms with Crippen LogP contribution in [-0.2, 0) is 37.0 Å². The Morgan fingerprint density at radius 3 is 1.89 bits per heavy atom. The third kappa shape index (κ3) is 8.36. The van der Waals surface area contributed by atoms with E-state index in [1.54, 1.807) is 43.3 Å². The Balaban J connectivity index is 0.000000211. The maximum Gasteiger partial charge on any atom is 0.356 e. The molecule has 0 unspecified atom stereocenters. The number of carbonyl (C=O) groups is 2. The number of carboxylic acids is 1. The number of rotatable bonds is 10. The van der Waals surface area contributed by atoms with Crippen molar-refractivity contribution in [1.82, 2.24) is 20.0 Å². The number of benzene rings is 2. The number of aromatic carboxylic acids is 1. The minimum Gasteiger partial charge on any atom is -0.477 e. The Kier molecular flexibility index (Phi) is 10.3. The van der Waals surface area contributed by atoms with Crippen LogP contribution in [-0.4, -0.2) is 43.6 Å². The zero-order chi connectivity index (χ0) is 27.5. The van der Waals surface area contributed by atoms with Crippen LogP contribution < -0.4 is 0 Å². The summed E-state index contributed by atoms with van der Waals surface area (Å²) in [6.45, 7) is 4.47. The predicted octanol–water partition coefficient (Wildman–Crippen LogP) is 5.04. The van der Waals surface area contributed by atoms with Gasteiger partial charge in [0.2, 0.25) is 0 Å². The second-order valence-corrected chi connectivity index (χ2v) is 8.39. The van der Waals surface area contributed by atoms with Crippen molar-refractivity contribution in [1.29, 1.82) is 0 Å². The van der Waals surface area contributed by atoms with Crippen molar-refractivity contribution in [2.75, 3.05) is 6.61 Å². The van der Waals surface area contributed by atoms with Crippen LogP contribution in [0.2, 0.25) is 0 Å². The number of carboxylic acid groups (broad SMARTS) is 1. The number of H-pyrrole nitrogens is 1. The number of hydrogen-bond acceptors (Lipinski definition) is 5. The molecule has 0 aliphatic rings. The summed E-state index contributed by atoms with van der Waals surface area (Å²) in [6, 6.07) is 15.9. The van der Waals surface area contributed by atoms with Crippen molar-refractivity contribution in [3.05, 3.63) is 106 Å². The van der Waals surface area contributed by atoms with Crippen LogP contribution in [0.25, 0.3) is 0 Å². The van der Waals surface area contributed by atoms with Gasteiger partial charge in [0.1, 0.15) is 23.0 Å². The van der Waals surface area contributed by atoms with Crippen LogP contribution in [0.5, 0.6) is 0 Å². The van der Waals surface area contributed by atoms with E-state index in [1.807, 2.05) is 6.92 Å². The summed E-state index contributed by atoms with van der Waals surface area (Å²) >= 11 is 0. The lowest BCUT2D eigenvalue weighted by molar-refractivity contribution is 0.0519. The second kappa shape index (κ2) is 13.8. The highest BCUT2D eigenvalue weighted by Gasteiger charge is 2.13. The van der Waals surface area contributed by atoms with Crippen molar-refractivity contribution >= 4 is 11.9 Å². The van der Waals surface area contributed by atoms with E-state index in [0.717, 1.165) is 28.9 Å². The number of aryl methyl sites for hydroxylation is 5. The van der Waals surface area contributed by atoms with E-state index in [0.29, 0.717) is 38.1 Å². The van der Waals surface area contributed by atoms with Gasteiger partial charge in [-0.25, -0.2) is 18.4 Å². The Bertz CT molecular complexity index is 1330. The van der Waals surface area contributed by atoms with Gasteiger partial charge in [-0.05, 0) is 87.1 Å². The van der Waals surface area contributed by atoms with Gasteiger partial charge in [0.25, 0.3) is 0 Å². The summed E-state index contributed by atoms with van der Waals surface area (Å²) in [5, 5.41) is 20.0. The molecule has 8 nitrogen and oxygen atoms in total. The fraction of sp³-hybridized carbons (Fsp3) is 0.286. The first-order valence-corrected chi connectivity index (χ1v) is 12.3. The molecule has 0 saturated carbocycles. The van der Waals surface area contributed by atoms with E-state index in [4.69, 9.17) is 9.84 Å². The van der Waals surface area contributed by atoms with E-state index in [2.05, 4.69) is 15.3 Å². The Morgan fingerprint density at radius 1 is 0.868 bits per heavy atom. The molecule has 4 rings (SSSR count). The molecule has 2 aromatic heterocycles. The zero-order valence-corrected chi connectivity index (χ0v) is 21.3. The summed E-state index contributed by atoms with van der Waals surface area (Å²) in [4.78, 5) is 22.4. The van der Waals surface area contributed by atoms with Gasteiger partial charge in [0.15, 0.2) is 0 Å². The van der Waals surface area contributed by atoms with Gasteiger partial charge in [-0.1, -0.05) is 24.3 Å². The predicted molar refractivity (Wildman–Crippen MR) is 137 cm³/mol. The van der Waals surface area contributed by atoms with Crippen molar-refractivity contribution in [2.24, 2.45) is 0 Å². The van der Waals surface area contributed by atoms with Crippen LogP contribution in [0.1, 0.15) is 57.3 Å². The van der Waals surface area contributed by atoms with Gasteiger partial charge < -0.3 is 9.84 Å². The van der Waals surface area contributed by atoms with Gasteiger partial charge in [-0.2, -0.15) is 10.2 Å². The molecule has 200 valence electrons. The molecule has 2 aromatic carbocycles. The number of esters is 1. The molecule has 0 aliphatic carbocycles. The first-order chi connectivity index (χ1) is 18.3. The molecule has 0 saturated heterocycles. The van der Waals surface area contributed by atoms with E-state index in [9.17, 15) is 18.4 Å². The molecule has 2 N–H and O–H groups in total. The number of ether oxygens (including phenoxy) is 1. The maximum absolute atomic E-state index is 12.8. The summed E-state index contributed by atoms with van der Waals surface area (Å²) in [6.07, 6.45) is 2.77. The smallest absolute Gasteiger partial charge is 0.356 e. The summed E-state index contributed by atoms with van der Waals surface area (Å²) in [5.41, 5.74) is 4.12. The monoisotopic (exact) mass is 524 g/mol. The lowest BCUT2D eigenvalue weighted by atomic mass is 10.1. The molecular formula is C28H30F2N4O4. The Labute approximate surface area is 219 Å². The van der Waals surface area contributed by atoms with Crippen molar-refractivity contribution < 1.29 is 28.2 Å². The number of hydrogen-bond donors (Lipinski definition) is 2. The third-order valence-corrected chi connectivity index (χ3v) is 5.64. The molecule has 38 heavy (non-hydrogen) atoms. The molecule has 0 bridgehead atoms. The first kappa shape index (κ1) is 28.2. The molecule has 0 amide bonds. The lowest BCUT2D eigenvalue weighted by Crippen LogP contribution is -2.08. The highest BCUT2D eigenvalue weighted by Crippen LogP contribution is 2.11. The standard InChI is InChI=1S/2C14H15FN2O2/c1-2-19-14(18)13-9-12(16-17-13)8-5-10-3-6-11(15)7-4-10;1-2-17-13(14(18)19)9-12(16-17)8-5-10-3-6-11(15)7-4-10/h3-4,6-7,9H,2,5,8H2,1H3,(H,16,17);3-4,6-7,9H,2,5,8H2,1H3,(H,18,19). The van der Waals surface area contributed by atoms with E-state index in [1.165, 1.54) is 28.9 Å². The average Bonchev–Trinajstić information content (AvgIpc) is 3.56. The molecule has 10 heteroatoms. The number of aromatic nitrogens is 4. The van der Waals surface area contributed by atoms with Gasteiger partial charge in [0.05, 0.1) is 18.0 Å². The zero-order valence-electron chi connectivity index (χ0n) is 21.3. The third-order valence-electron chi connectivity index (χ3n) is 5.64. The number of aromatic amines is 1. The highest BCUT2D eigenvalue weighted by molar-refractivity contribution is 5.87. The maximum atomic E-state index is 12.8. The van der Waals surface area contributed by atoms with Crippen molar-refractivity contribution in [3.63, 3.8) is 0 Å². The molecule has 0 spiro atoms. The molecule has 0 radical (unpaired) electrons. The van der Waals surface area contributed by atoms with Crippen LogP contribution in [0, 0.1) is 11.6 Å². The number of halogens is 2. The van der Waals surface area contributed by atoms with Gasteiger partial charge in [-0.15, -0.1) is 0 Å². The second-order valence-electron chi connectivity index (χ2n) is 8.39.